The standard InChI is InChI=1S/C11H13BrFN.ClH/c12-8-4-5-10(13)9(6-8)11(14)7-2-1-3-7;/h4-7,11H,1-3,14H2;1H/t11-;/m1./s1. The zero-order chi connectivity index (χ0) is 10.1. The van der Waals surface area contributed by atoms with Crippen LogP contribution in [-0.4, -0.2) is 0 Å². The van der Waals surface area contributed by atoms with E-state index in [0.29, 0.717) is 11.5 Å². The lowest BCUT2D eigenvalue weighted by molar-refractivity contribution is 0.260. The van der Waals surface area contributed by atoms with Crippen molar-refractivity contribution in [1.29, 1.82) is 0 Å². The van der Waals surface area contributed by atoms with Crippen LogP contribution in [0.5, 0.6) is 0 Å². The molecule has 0 bridgehead atoms. The average Bonchev–Trinajstić information content (AvgIpc) is 2.06. The molecule has 1 aromatic carbocycles. The number of hydrogen-bond donors (Lipinski definition) is 1. The highest BCUT2D eigenvalue weighted by molar-refractivity contribution is 9.10. The molecule has 1 fully saturated rings. The highest BCUT2D eigenvalue weighted by atomic mass is 79.9. The Balaban J connectivity index is 0.00000112. The summed E-state index contributed by atoms with van der Waals surface area (Å²) >= 11 is 3.33. The lowest BCUT2D eigenvalue weighted by Gasteiger charge is -2.31. The van der Waals surface area contributed by atoms with Crippen LogP contribution in [0.15, 0.2) is 22.7 Å². The van der Waals surface area contributed by atoms with Gasteiger partial charge in [-0.1, -0.05) is 22.4 Å². The van der Waals surface area contributed by atoms with Crippen LogP contribution in [0.1, 0.15) is 30.9 Å². The molecule has 1 nitrogen and oxygen atoms in total. The Bertz CT molecular complexity index is 341. The molecule has 0 heterocycles. The van der Waals surface area contributed by atoms with Crippen molar-refractivity contribution in [3.63, 3.8) is 0 Å². The van der Waals surface area contributed by atoms with E-state index in [2.05, 4.69) is 15.9 Å². The molecule has 0 aromatic heterocycles. The third kappa shape index (κ3) is 2.71. The van der Waals surface area contributed by atoms with Crippen molar-refractivity contribution in [2.45, 2.75) is 25.3 Å². The van der Waals surface area contributed by atoms with E-state index in [1.54, 1.807) is 12.1 Å². The van der Waals surface area contributed by atoms with E-state index in [0.717, 1.165) is 17.3 Å². The zero-order valence-electron chi connectivity index (χ0n) is 8.25. The third-order valence-electron chi connectivity index (χ3n) is 2.97. The van der Waals surface area contributed by atoms with Crippen molar-refractivity contribution in [3.8, 4) is 0 Å². The number of rotatable bonds is 2. The van der Waals surface area contributed by atoms with Crippen molar-refractivity contribution >= 4 is 28.3 Å². The van der Waals surface area contributed by atoms with Gasteiger partial charge in [0.2, 0.25) is 0 Å². The normalized spacial score (nSPS) is 17.8. The zero-order valence-corrected chi connectivity index (χ0v) is 10.7. The van der Waals surface area contributed by atoms with Crippen molar-refractivity contribution < 1.29 is 4.39 Å². The molecule has 0 amide bonds. The van der Waals surface area contributed by atoms with Crippen LogP contribution in [0.2, 0.25) is 0 Å². The molecular weight excluding hydrogens is 280 g/mol. The monoisotopic (exact) mass is 293 g/mol. The van der Waals surface area contributed by atoms with Crippen molar-refractivity contribution in [2.75, 3.05) is 0 Å². The molecular formula is C11H14BrClFN. The van der Waals surface area contributed by atoms with Crippen LogP contribution in [0, 0.1) is 11.7 Å². The molecule has 2 N–H and O–H groups in total. The summed E-state index contributed by atoms with van der Waals surface area (Å²) in [6, 6.07) is 4.82. The van der Waals surface area contributed by atoms with Crippen LogP contribution in [-0.2, 0) is 0 Å². The molecule has 2 rings (SSSR count). The second-order valence-corrected chi connectivity index (χ2v) is 4.80. The second kappa shape index (κ2) is 5.28. The second-order valence-electron chi connectivity index (χ2n) is 3.88. The van der Waals surface area contributed by atoms with Crippen molar-refractivity contribution in [1.82, 2.24) is 0 Å². The predicted octanol–water partition coefficient (Wildman–Crippen LogP) is 3.81. The minimum Gasteiger partial charge on any atom is -0.324 e. The molecule has 1 aromatic rings. The number of benzene rings is 1. The minimum atomic E-state index is -0.187. The van der Waals surface area contributed by atoms with Crippen molar-refractivity contribution in [3.05, 3.63) is 34.1 Å². The number of hydrogen-bond acceptors (Lipinski definition) is 1. The molecule has 0 spiro atoms. The number of halogens is 3. The highest BCUT2D eigenvalue weighted by Crippen LogP contribution is 2.37. The fraction of sp³-hybridized carbons (Fsp3) is 0.455. The van der Waals surface area contributed by atoms with E-state index >= 15 is 0 Å². The van der Waals surface area contributed by atoms with Gasteiger partial charge in [-0.25, -0.2) is 4.39 Å². The van der Waals surface area contributed by atoms with Gasteiger partial charge in [-0.05, 0) is 37.0 Å². The first kappa shape index (κ1) is 12.9. The summed E-state index contributed by atoms with van der Waals surface area (Å²) in [7, 11) is 0. The first-order valence-corrected chi connectivity index (χ1v) is 5.68. The Morgan fingerprint density at radius 2 is 2.07 bits per heavy atom. The maximum absolute atomic E-state index is 13.4. The fourth-order valence-corrected chi connectivity index (χ4v) is 2.20. The van der Waals surface area contributed by atoms with Gasteiger partial charge in [0.15, 0.2) is 0 Å². The molecule has 15 heavy (non-hydrogen) atoms. The van der Waals surface area contributed by atoms with Crippen LogP contribution < -0.4 is 5.73 Å². The van der Waals surface area contributed by atoms with E-state index in [4.69, 9.17) is 5.73 Å². The Morgan fingerprint density at radius 3 is 2.60 bits per heavy atom. The van der Waals surface area contributed by atoms with Gasteiger partial charge in [0.1, 0.15) is 5.82 Å². The van der Waals surface area contributed by atoms with E-state index in [9.17, 15) is 4.39 Å². The summed E-state index contributed by atoms with van der Waals surface area (Å²) in [5.74, 6) is 0.284. The van der Waals surface area contributed by atoms with Crippen LogP contribution in [0.25, 0.3) is 0 Å². The summed E-state index contributed by atoms with van der Waals surface area (Å²) in [4.78, 5) is 0. The Labute approximate surface area is 104 Å². The molecule has 0 unspecified atom stereocenters. The molecule has 84 valence electrons. The Morgan fingerprint density at radius 1 is 1.40 bits per heavy atom. The molecule has 0 saturated heterocycles. The average molecular weight is 295 g/mol. The first-order chi connectivity index (χ1) is 6.68. The van der Waals surface area contributed by atoms with E-state index in [-0.39, 0.29) is 24.3 Å². The smallest absolute Gasteiger partial charge is 0.128 e. The topological polar surface area (TPSA) is 26.0 Å². The molecule has 4 heteroatoms. The van der Waals surface area contributed by atoms with E-state index in [1.165, 1.54) is 12.5 Å². The maximum Gasteiger partial charge on any atom is 0.128 e. The summed E-state index contributed by atoms with van der Waals surface area (Å²) in [5, 5.41) is 0. The van der Waals surface area contributed by atoms with Gasteiger partial charge in [-0.3, -0.25) is 0 Å². The summed E-state index contributed by atoms with van der Waals surface area (Å²) in [5.41, 5.74) is 6.65. The largest absolute Gasteiger partial charge is 0.324 e. The summed E-state index contributed by atoms with van der Waals surface area (Å²) in [6.07, 6.45) is 3.49. The van der Waals surface area contributed by atoms with Crippen LogP contribution in [0.4, 0.5) is 4.39 Å². The number of nitrogens with two attached hydrogens (primary N) is 1. The molecule has 1 aliphatic carbocycles. The first-order valence-electron chi connectivity index (χ1n) is 4.89. The quantitative estimate of drug-likeness (QED) is 0.882. The van der Waals surface area contributed by atoms with Gasteiger partial charge in [-0.2, -0.15) is 0 Å². The van der Waals surface area contributed by atoms with Crippen LogP contribution in [0.3, 0.4) is 0 Å². The highest BCUT2D eigenvalue weighted by Gasteiger charge is 2.27. The van der Waals surface area contributed by atoms with Gasteiger partial charge in [0.25, 0.3) is 0 Å². The molecule has 1 saturated carbocycles. The molecule has 1 atom stereocenters. The van der Waals surface area contributed by atoms with E-state index in [1.807, 2.05) is 0 Å². The van der Waals surface area contributed by atoms with Crippen molar-refractivity contribution in [2.24, 2.45) is 11.7 Å². The Kier molecular flexibility index (Phi) is 4.56. The molecule has 0 radical (unpaired) electrons. The van der Waals surface area contributed by atoms with Gasteiger partial charge in [-0.15, -0.1) is 12.4 Å². The Hall–Kier alpha value is -0.120. The summed E-state index contributed by atoms with van der Waals surface area (Å²) < 4.78 is 14.3. The van der Waals surface area contributed by atoms with E-state index < -0.39 is 0 Å². The van der Waals surface area contributed by atoms with Gasteiger partial charge < -0.3 is 5.73 Å². The van der Waals surface area contributed by atoms with Gasteiger partial charge in [0, 0.05) is 16.1 Å². The minimum absolute atomic E-state index is 0. The molecule has 1 aliphatic rings. The lowest BCUT2D eigenvalue weighted by Crippen LogP contribution is -2.27. The van der Waals surface area contributed by atoms with Gasteiger partial charge >= 0.3 is 0 Å². The van der Waals surface area contributed by atoms with Gasteiger partial charge in [0.05, 0.1) is 0 Å². The summed E-state index contributed by atoms with van der Waals surface area (Å²) in [6.45, 7) is 0. The predicted molar refractivity (Wildman–Crippen MR) is 65.6 cm³/mol. The third-order valence-corrected chi connectivity index (χ3v) is 3.47. The lowest BCUT2D eigenvalue weighted by atomic mass is 9.77. The SMILES string of the molecule is Cl.N[C@@H](c1cc(Br)ccc1F)C1CCC1. The maximum atomic E-state index is 13.4. The molecule has 0 aliphatic heterocycles. The van der Waals surface area contributed by atoms with Crippen LogP contribution >= 0.6 is 28.3 Å². The fourth-order valence-electron chi connectivity index (χ4n) is 1.82.